The van der Waals surface area contributed by atoms with Crippen LogP contribution in [0.5, 0.6) is 0 Å². The monoisotopic (exact) mass is 306 g/mol. The third-order valence-corrected chi connectivity index (χ3v) is 4.19. The maximum atomic E-state index is 12.0. The van der Waals surface area contributed by atoms with Gasteiger partial charge in [-0.1, -0.05) is 26.0 Å². The fourth-order valence-electron chi connectivity index (χ4n) is 1.52. The minimum absolute atomic E-state index is 0. The first-order valence-electron chi connectivity index (χ1n) is 6.07. The van der Waals surface area contributed by atoms with Crippen LogP contribution in [0.25, 0.3) is 0 Å². The van der Waals surface area contributed by atoms with Gasteiger partial charge >= 0.3 is 0 Å². The molecular weight excluding hydrogens is 284 g/mol. The van der Waals surface area contributed by atoms with Gasteiger partial charge in [0.2, 0.25) is 10.0 Å². The van der Waals surface area contributed by atoms with E-state index in [0.29, 0.717) is 23.9 Å². The Morgan fingerprint density at radius 1 is 1.16 bits per heavy atom. The summed E-state index contributed by atoms with van der Waals surface area (Å²) < 4.78 is 26.5. The molecule has 6 heteroatoms. The van der Waals surface area contributed by atoms with E-state index in [-0.39, 0.29) is 12.4 Å². The van der Waals surface area contributed by atoms with E-state index in [4.69, 9.17) is 0 Å². The van der Waals surface area contributed by atoms with Gasteiger partial charge in [0, 0.05) is 13.1 Å². The van der Waals surface area contributed by atoms with E-state index >= 15 is 0 Å². The molecule has 0 spiro atoms. The zero-order valence-electron chi connectivity index (χ0n) is 11.9. The van der Waals surface area contributed by atoms with E-state index in [9.17, 15) is 8.42 Å². The van der Waals surface area contributed by atoms with Gasteiger partial charge < -0.3 is 4.90 Å². The molecule has 1 aromatic carbocycles. The molecule has 0 radical (unpaired) electrons. The summed E-state index contributed by atoms with van der Waals surface area (Å²) in [6.45, 7) is 5.27. The topological polar surface area (TPSA) is 49.4 Å². The number of benzene rings is 1. The average Bonchev–Trinajstić information content (AvgIpc) is 2.28. The third-order valence-electron chi connectivity index (χ3n) is 2.71. The van der Waals surface area contributed by atoms with Crippen molar-refractivity contribution in [1.29, 1.82) is 0 Å². The van der Waals surface area contributed by atoms with Crippen LogP contribution < -0.4 is 4.72 Å². The lowest BCUT2D eigenvalue weighted by Crippen LogP contribution is -2.31. The Morgan fingerprint density at radius 2 is 1.68 bits per heavy atom. The Morgan fingerprint density at radius 3 is 2.11 bits per heavy atom. The number of hydrogen-bond donors (Lipinski definition) is 1. The lowest BCUT2D eigenvalue weighted by molar-refractivity contribution is 0.412. The van der Waals surface area contributed by atoms with Crippen molar-refractivity contribution in [2.24, 2.45) is 0 Å². The van der Waals surface area contributed by atoms with Crippen LogP contribution in [0.1, 0.15) is 25.3 Å². The van der Waals surface area contributed by atoms with Gasteiger partial charge in [-0.05, 0) is 37.7 Å². The SMILES string of the molecule is CC(C)c1ccc(S(=O)(=O)NCCN(C)C)cc1.Cl. The molecule has 0 atom stereocenters. The van der Waals surface area contributed by atoms with Crippen molar-refractivity contribution in [2.75, 3.05) is 27.2 Å². The Labute approximate surface area is 122 Å². The molecule has 0 bridgehead atoms. The predicted molar refractivity (Wildman–Crippen MR) is 81.5 cm³/mol. The number of rotatable bonds is 6. The van der Waals surface area contributed by atoms with Crippen molar-refractivity contribution in [1.82, 2.24) is 9.62 Å². The molecule has 0 saturated heterocycles. The summed E-state index contributed by atoms with van der Waals surface area (Å²) >= 11 is 0. The van der Waals surface area contributed by atoms with Crippen LogP contribution in [0, 0.1) is 0 Å². The number of sulfonamides is 1. The summed E-state index contributed by atoms with van der Waals surface area (Å²) in [4.78, 5) is 2.26. The number of nitrogens with one attached hydrogen (secondary N) is 1. The van der Waals surface area contributed by atoms with Crippen LogP contribution in [0.2, 0.25) is 0 Å². The van der Waals surface area contributed by atoms with Crippen LogP contribution in [0.15, 0.2) is 29.2 Å². The first-order chi connectivity index (χ1) is 8.33. The minimum atomic E-state index is -3.38. The van der Waals surface area contributed by atoms with E-state index < -0.39 is 10.0 Å². The zero-order valence-corrected chi connectivity index (χ0v) is 13.5. The minimum Gasteiger partial charge on any atom is -0.308 e. The van der Waals surface area contributed by atoms with Crippen molar-refractivity contribution < 1.29 is 8.42 Å². The maximum absolute atomic E-state index is 12.0. The molecule has 110 valence electrons. The summed E-state index contributed by atoms with van der Waals surface area (Å²) in [5.74, 6) is 0.406. The second-order valence-corrected chi connectivity index (χ2v) is 6.69. The zero-order chi connectivity index (χ0) is 13.8. The normalized spacial score (nSPS) is 11.7. The Kier molecular flexibility index (Phi) is 7.59. The van der Waals surface area contributed by atoms with Gasteiger partial charge in [-0.25, -0.2) is 13.1 Å². The van der Waals surface area contributed by atoms with Gasteiger partial charge in [0.05, 0.1) is 4.90 Å². The predicted octanol–water partition coefficient (Wildman–Crippen LogP) is 2.07. The molecule has 0 aliphatic rings. The van der Waals surface area contributed by atoms with Crippen LogP contribution in [-0.4, -0.2) is 40.5 Å². The van der Waals surface area contributed by atoms with E-state index in [0.717, 1.165) is 5.56 Å². The molecular formula is C13H23ClN2O2S. The molecule has 0 saturated carbocycles. The van der Waals surface area contributed by atoms with E-state index in [2.05, 4.69) is 18.6 Å². The maximum Gasteiger partial charge on any atom is 0.240 e. The molecule has 0 aliphatic carbocycles. The fourth-order valence-corrected chi connectivity index (χ4v) is 2.54. The summed E-state index contributed by atoms with van der Waals surface area (Å²) in [6.07, 6.45) is 0. The van der Waals surface area contributed by atoms with E-state index in [1.165, 1.54) is 0 Å². The molecule has 0 fully saturated rings. The molecule has 0 heterocycles. The van der Waals surface area contributed by atoms with Gasteiger partial charge in [0.1, 0.15) is 0 Å². The summed E-state index contributed by atoms with van der Waals surface area (Å²) in [5, 5.41) is 0. The quantitative estimate of drug-likeness (QED) is 0.875. The van der Waals surface area contributed by atoms with Crippen molar-refractivity contribution in [3.8, 4) is 0 Å². The van der Waals surface area contributed by atoms with Gasteiger partial charge in [-0.3, -0.25) is 0 Å². The first kappa shape index (κ1) is 18.4. The summed E-state index contributed by atoms with van der Waals surface area (Å²) in [7, 11) is 0.442. The smallest absolute Gasteiger partial charge is 0.240 e. The Bertz CT molecular complexity index is 470. The molecule has 1 aromatic rings. The molecule has 0 unspecified atom stereocenters. The molecule has 0 aliphatic heterocycles. The largest absolute Gasteiger partial charge is 0.308 e. The Balaban J connectivity index is 0.00000324. The van der Waals surface area contributed by atoms with E-state index in [1.807, 2.05) is 31.1 Å². The second kappa shape index (κ2) is 7.85. The highest BCUT2D eigenvalue weighted by molar-refractivity contribution is 7.89. The number of halogens is 1. The lowest BCUT2D eigenvalue weighted by atomic mass is 10.0. The van der Waals surface area contributed by atoms with Crippen LogP contribution >= 0.6 is 12.4 Å². The standard InChI is InChI=1S/C13H22N2O2S.ClH/c1-11(2)12-5-7-13(8-6-12)18(16,17)14-9-10-15(3)4;/h5-8,11,14H,9-10H2,1-4H3;1H. The van der Waals surface area contributed by atoms with Crippen molar-refractivity contribution in [3.05, 3.63) is 29.8 Å². The number of nitrogens with zero attached hydrogens (tertiary/aromatic N) is 1. The second-order valence-electron chi connectivity index (χ2n) is 4.92. The summed E-state index contributed by atoms with van der Waals surface area (Å²) in [5.41, 5.74) is 1.14. The number of hydrogen-bond acceptors (Lipinski definition) is 3. The number of likely N-dealkylation sites (N-methyl/N-ethyl adjacent to an activating group) is 1. The molecule has 0 amide bonds. The fraction of sp³-hybridized carbons (Fsp3) is 0.538. The molecule has 1 N–H and O–H groups in total. The lowest BCUT2D eigenvalue weighted by Gasteiger charge is -2.11. The molecule has 0 aromatic heterocycles. The molecule has 19 heavy (non-hydrogen) atoms. The van der Waals surface area contributed by atoms with Gasteiger partial charge in [0.25, 0.3) is 0 Å². The molecule has 4 nitrogen and oxygen atoms in total. The van der Waals surface area contributed by atoms with Crippen molar-refractivity contribution >= 4 is 22.4 Å². The van der Waals surface area contributed by atoms with Gasteiger partial charge in [-0.15, -0.1) is 12.4 Å². The van der Waals surface area contributed by atoms with Crippen molar-refractivity contribution in [3.63, 3.8) is 0 Å². The van der Waals surface area contributed by atoms with Gasteiger partial charge in [0.15, 0.2) is 0 Å². The van der Waals surface area contributed by atoms with Crippen LogP contribution in [0.4, 0.5) is 0 Å². The third kappa shape index (κ3) is 5.91. The van der Waals surface area contributed by atoms with Gasteiger partial charge in [-0.2, -0.15) is 0 Å². The Hall–Kier alpha value is -0.620. The first-order valence-corrected chi connectivity index (χ1v) is 7.55. The highest BCUT2D eigenvalue weighted by Gasteiger charge is 2.13. The van der Waals surface area contributed by atoms with E-state index in [1.54, 1.807) is 12.1 Å². The van der Waals surface area contributed by atoms with Crippen molar-refractivity contribution in [2.45, 2.75) is 24.7 Å². The molecule has 1 rings (SSSR count). The van der Waals surface area contributed by atoms with Crippen LogP contribution in [0.3, 0.4) is 0 Å². The van der Waals surface area contributed by atoms with Crippen LogP contribution in [-0.2, 0) is 10.0 Å². The average molecular weight is 307 g/mol. The summed E-state index contributed by atoms with van der Waals surface area (Å²) in [6, 6.07) is 7.05. The highest BCUT2D eigenvalue weighted by Crippen LogP contribution is 2.16. The highest BCUT2D eigenvalue weighted by atomic mass is 35.5.